The van der Waals surface area contributed by atoms with Crippen molar-refractivity contribution in [3.63, 3.8) is 0 Å². The van der Waals surface area contributed by atoms with E-state index in [9.17, 15) is 0 Å². The van der Waals surface area contributed by atoms with Gasteiger partial charge in [-0.05, 0) is 6.07 Å². The van der Waals surface area contributed by atoms with Gasteiger partial charge in [0.1, 0.15) is 6.33 Å². The van der Waals surface area contributed by atoms with Crippen molar-refractivity contribution in [1.82, 2.24) is 9.97 Å². The first-order valence-corrected chi connectivity index (χ1v) is 3.79. The first kappa shape index (κ1) is 23.0. The molecule has 0 aromatic carbocycles. The maximum absolute atomic E-state index is 8.74. The largest absolute Gasteiger partial charge is 0.412 e. The SMILES string of the molecule is O.O.O.O=S(=O)(O)O.c1cncnc1. The second kappa shape index (κ2) is 11.8. The van der Waals surface area contributed by atoms with Crippen LogP contribution in [0.3, 0.4) is 0 Å². The zero-order valence-corrected chi connectivity index (χ0v) is 7.64. The molecule has 0 aliphatic heterocycles. The lowest BCUT2D eigenvalue weighted by atomic mass is 10.7. The minimum Gasteiger partial charge on any atom is -0.412 e. The van der Waals surface area contributed by atoms with Crippen molar-refractivity contribution in [2.24, 2.45) is 0 Å². The van der Waals surface area contributed by atoms with Crippen LogP contribution in [0, 0.1) is 0 Å². The highest BCUT2D eigenvalue weighted by atomic mass is 32.3. The van der Waals surface area contributed by atoms with E-state index in [0.717, 1.165) is 0 Å². The van der Waals surface area contributed by atoms with E-state index in [-0.39, 0.29) is 16.4 Å². The first-order chi connectivity index (χ1) is 5.00. The van der Waals surface area contributed by atoms with Gasteiger partial charge in [0.15, 0.2) is 0 Å². The van der Waals surface area contributed by atoms with Crippen LogP contribution >= 0.6 is 0 Å². The van der Waals surface area contributed by atoms with E-state index in [2.05, 4.69) is 9.97 Å². The number of rotatable bonds is 0. The van der Waals surface area contributed by atoms with Crippen molar-refractivity contribution in [3.05, 3.63) is 24.8 Å². The Hall–Kier alpha value is -1.17. The fourth-order valence-corrected chi connectivity index (χ4v) is 0.253. The molecule has 0 bridgehead atoms. The van der Waals surface area contributed by atoms with Crippen molar-refractivity contribution in [1.29, 1.82) is 0 Å². The normalized spacial score (nSPS) is 7.57. The van der Waals surface area contributed by atoms with Crippen molar-refractivity contribution in [3.8, 4) is 0 Å². The molecule has 0 saturated carbocycles. The van der Waals surface area contributed by atoms with Crippen LogP contribution in [0.5, 0.6) is 0 Å². The Balaban J connectivity index is -0.0000000597. The standard InChI is InChI=1S/C4H4N2.H2O4S.3H2O/c1-2-5-4-6-3-1;1-5(2,3)4;;;/h1-4H;(H2,1,2,3,4);3*1H2. The van der Waals surface area contributed by atoms with Crippen molar-refractivity contribution < 1.29 is 34.0 Å². The Labute approximate surface area is 80.0 Å². The average molecular weight is 232 g/mol. The molecular weight excluding hydrogens is 220 g/mol. The molecule has 0 unspecified atom stereocenters. The van der Waals surface area contributed by atoms with E-state index in [1.165, 1.54) is 6.33 Å². The molecule has 1 rings (SSSR count). The number of hydrogen-bond donors (Lipinski definition) is 2. The second-order valence-electron chi connectivity index (χ2n) is 1.35. The molecule has 0 aliphatic rings. The van der Waals surface area contributed by atoms with Gasteiger partial charge < -0.3 is 16.4 Å². The van der Waals surface area contributed by atoms with Gasteiger partial charge in [0.2, 0.25) is 0 Å². The highest BCUT2D eigenvalue weighted by Gasteiger charge is 1.84. The van der Waals surface area contributed by atoms with E-state index < -0.39 is 10.4 Å². The van der Waals surface area contributed by atoms with Gasteiger partial charge >= 0.3 is 10.4 Å². The molecule has 1 aromatic rings. The van der Waals surface area contributed by atoms with Crippen LogP contribution in [0.25, 0.3) is 0 Å². The summed E-state index contributed by atoms with van der Waals surface area (Å²) in [5.41, 5.74) is 0. The lowest BCUT2D eigenvalue weighted by Crippen LogP contribution is -1.89. The fraction of sp³-hybridized carbons (Fsp3) is 0. The zero-order valence-electron chi connectivity index (χ0n) is 6.82. The topological polar surface area (TPSA) is 195 Å². The summed E-state index contributed by atoms with van der Waals surface area (Å²) in [5.74, 6) is 0. The summed E-state index contributed by atoms with van der Waals surface area (Å²) in [6, 6.07) is 1.78. The Morgan fingerprint density at radius 3 is 1.29 bits per heavy atom. The Kier molecular flexibility index (Phi) is 19.5. The Morgan fingerprint density at radius 2 is 1.21 bits per heavy atom. The van der Waals surface area contributed by atoms with Crippen LogP contribution in [-0.4, -0.2) is 43.9 Å². The molecule has 86 valence electrons. The van der Waals surface area contributed by atoms with E-state index in [1.807, 2.05) is 0 Å². The number of aromatic nitrogens is 2. The summed E-state index contributed by atoms with van der Waals surface area (Å²) >= 11 is 0. The molecule has 0 atom stereocenters. The van der Waals surface area contributed by atoms with Crippen molar-refractivity contribution >= 4 is 10.4 Å². The molecule has 0 saturated heterocycles. The van der Waals surface area contributed by atoms with Crippen LogP contribution in [0.1, 0.15) is 0 Å². The van der Waals surface area contributed by atoms with Gasteiger partial charge in [0, 0.05) is 12.4 Å². The third kappa shape index (κ3) is 44.9. The molecule has 1 heterocycles. The molecule has 0 radical (unpaired) electrons. The third-order valence-corrected chi connectivity index (χ3v) is 0.478. The maximum atomic E-state index is 8.74. The van der Waals surface area contributed by atoms with Crippen LogP contribution in [-0.2, 0) is 10.4 Å². The van der Waals surface area contributed by atoms with E-state index in [4.69, 9.17) is 17.5 Å². The summed E-state index contributed by atoms with van der Waals surface area (Å²) < 4.78 is 31.6. The number of nitrogens with zero attached hydrogens (tertiary/aromatic N) is 2. The predicted octanol–water partition coefficient (Wildman–Crippen LogP) is -2.65. The minimum absolute atomic E-state index is 0. The predicted molar refractivity (Wildman–Crippen MR) is 47.1 cm³/mol. The van der Waals surface area contributed by atoms with Gasteiger partial charge in [-0.15, -0.1) is 0 Å². The molecule has 14 heavy (non-hydrogen) atoms. The van der Waals surface area contributed by atoms with Crippen molar-refractivity contribution in [2.45, 2.75) is 0 Å². The maximum Gasteiger partial charge on any atom is 0.394 e. The van der Waals surface area contributed by atoms with Gasteiger partial charge in [0.05, 0.1) is 0 Å². The number of hydrogen-bond acceptors (Lipinski definition) is 4. The molecule has 9 nitrogen and oxygen atoms in total. The highest BCUT2D eigenvalue weighted by molar-refractivity contribution is 7.79. The van der Waals surface area contributed by atoms with E-state index in [1.54, 1.807) is 18.5 Å². The lowest BCUT2D eigenvalue weighted by Gasteiger charge is -1.70. The molecule has 0 spiro atoms. The molecular formula is C4H12N2O7S. The minimum atomic E-state index is -4.67. The summed E-state index contributed by atoms with van der Waals surface area (Å²) in [7, 11) is -4.67. The van der Waals surface area contributed by atoms with Gasteiger partial charge in [-0.1, -0.05) is 0 Å². The molecule has 0 amide bonds. The summed E-state index contributed by atoms with van der Waals surface area (Å²) in [4.78, 5) is 7.35. The lowest BCUT2D eigenvalue weighted by molar-refractivity contribution is 0.381. The van der Waals surface area contributed by atoms with Crippen molar-refractivity contribution in [2.75, 3.05) is 0 Å². The molecule has 1 aromatic heterocycles. The summed E-state index contributed by atoms with van der Waals surface area (Å²) in [6.07, 6.45) is 4.88. The van der Waals surface area contributed by atoms with Crippen LogP contribution in [0.15, 0.2) is 24.8 Å². The quantitative estimate of drug-likeness (QED) is 0.458. The monoisotopic (exact) mass is 232 g/mol. The Morgan fingerprint density at radius 1 is 0.929 bits per heavy atom. The first-order valence-electron chi connectivity index (χ1n) is 2.40. The zero-order chi connectivity index (χ0) is 8.74. The van der Waals surface area contributed by atoms with E-state index >= 15 is 0 Å². The molecule has 0 fully saturated rings. The fourth-order valence-electron chi connectivity index (χ4n) is 0.253. The van der Waals surface area contributed by atoms with Crippen LogP contribution in [0.2, 0.25) is 0 Å². The smallest absolute Gasteiger partial charge is 0.394 e. The third-order valence-electron chi connectivity index (χ3n) is 0.478. The molecule has 10 heteroatoms. The van der Waals surface area contributed by atoms with Gasteiger partial charge in [-0.25, -0.2) is 9.97 Å². The summed E-state index contributed by atoms with van der Waals surface area (Å²) in [5, 5.41) is 0. The average Bonchev–Trinajstić information content (AvgIpc) is 1.88. The highest BCUT2D eigenvalue weighted by Crippen LogP contribution is 1.66. The Bertz CT molecular complexity index is 240. The van der Waals surface area contributed by atoms with Gasteiger partial charge in [-0.3, -0.25) is 9.11 Å². The van der Waals surface area contributed by atoms with Crippen LogP contribution < -0.4 is 0 Å². The molecule has 8 N–H and O–H groups in total. The van der Waals surface area contributed by atoms with Crippen LogP contribution in [0.4, 0.5) is 0 Å². The molecule has 0 aliphatic carbocycles. The second-order valence-corrected chi connectivity index (χ2v) is 2.25. The summed E-state index contributed by atoms with van der Waals surface area (Å²) in [6.45, 7) is 0. The van der Waals surface area contributed by atoms with E-state index in [0.29, 0.717) is 0 Å². The van der Waals surface area contributed by atoms with Gasteiger partial charge in [-0.2, -0.15) is 8.42 Å². The van der Waals surface area contributed by atoms with Gasteiger partial charge in [0.25, 0.3) is 0 Å².